The first kappa shape index (κ1) is 12.7. The van der Waals surface area contributed by atoms with Crippen LogP contribution in [0, 0.1) is 6.92 Å². The van der Waals surface area contributed by atoms with Gasteiger partial charge in [-0.25, -0.2) is 0 Å². The summed E-state index contributed by atoms with van der Waals surface area (Å²) in [6.45, 7) is 2.56. The van der Waals surface area contributed by atoms with Crippen LogP contribution >= 0.6 is 0 Å². The Balaban J connectivity index is 2.45. The molecule has 0 bridgehead atoms. The predicted octanol–water partition coefficient (Wildman–Crippen LogP) is -0.682. The van der Waals surface area contributed by atoms with Gasteiger partial charge < -0.3 is 15.8 Å². The van der Waals surface area contributed by atoms with Crippen molar-refractivity contribution in [3.63, 3.8) is 0 Å². The summed E-state index contributed by atoms with van der Waals surface area (Å²) < 4.78 is 6.52. The Morgan fingerprint density at radius 2 is 2.44 bits per heavy atom. The zero-order valence-corrected chi connectivity index (χ0v) is 9.86. The Labute approximate surface area is 94.8 Å². The summed E-state index contributed by atoms with van der Waals surface area (Å²) in [5.41, 5.74) is 7.47. The highest BCUT2D eigenvalue weighted by Gasteiger charge is 2.13. The van der Waals surface area contributed by atoms with E-state index in [1.807, 2.05) is 20.2 Å². The minimum atomic E-state index is -0.623. The van der Waals surface area contributed by atoms with E-state index < -0.39 is 6.04 Å². The molecule has 0 radical (unpaired) electrons. The van der Waals surface area contributed by atoms with Gasteiger partial charge in [-0.15, -0.1) is 0 Å². The van der Waals surface area contributed by atoms with Crippen molar-refractivity contribution in [1.82, 2.24) is 15.1 Å². The lowest BCUT2D eigenvalue weighted by atomic mass is 10.2. The molecule has 0 spiro atoms. The van der Waals surface area contributed by atoms with Crippen LogP contribution in [0.5, 0.6) is 0 Å². The molecule has 0 saturated carbocycles. The van der Waals surface area contributed by atoms with Crippen LogP contribution in [0.3, 0.4) is 0 Å². The van der Waals surface area contributed by atoms with E-state index in [9.17, 15) is 4.79 Å². The molecule has 1 heterocycles. The molecular weight excluding hydrogens is 208 g/mol. The molecule has 6 nitrogen and oxygen atoms in total. The predicted molar refractivity (Wildman–Crippen MR) is 59.6 cm³/mol. The van der Waals surface area contributed by atoms with Gasteiger partial charge in [0.05, 0.1) is 12.3 Å². The lowest BCUT2D eigenvalue weighted by Gasteiger charge is -2.10. The minimum Gasteiger partial charge on any atom is -0.383 e. The zero-order valence-electron chi connectivity index (χ0n) is 9.86. The molecule has 1 aromatic rings. The van der Waals surface area contributed by atoms with E-state index in [1.165, 1.54) is 7.11 Å². The first-order chi connectivity index (χ1) is 7.54. The molecule has 1 atom stereocenters. The smallest absolute Gasteiger partial charge is 0.239 e. The zero-order chi connectivity index (χ0) is 12.1. The molecule has 3 N–H and O–H groups in total. The standard InChI is InChI=1S/C10H18N4O2/c1-7-8(5-14(2)13-7)4-12-10(15)9(11)6-16-3/h5,9H,4,6,11H2,1-3H3,(H,12,15). The third kappa shape index (κ3) is 3.32. The van der Waals surface area contributed by atoms with Gasteiger partial charge in [-0.1, -0.05) is 0 Å². The lowest BCUT2D eigenvalue weighted by Crippen LogP contribution is -2.43. The second-order valence-corrected chi connectivity index (χ2v) is 3.69. The number of carbonyl (C=O) groups excluding carboxylic acids is 1. The van der Waals surface area contributed by atoms with Crippen LogP contribution in [0.15, 0.2) is 6.20 Å². The number of carbonyl (C=O) groups is 1. The third-order valence-corrected chi connectivity index (χ3v) is 2.25. The molecule has 0 aliphatic rings. The summed E-state index contributed by atoms with van der Waals surface area (Å²) in [4.78, 5) is 11.5. The fraction of sp³-hybridized carbons (Fsp3) is 0.600. The van der Waals surface area contributed by atoms with Gasteiger partial charge in [-0.2, -0.15) is 5.10 Å². The quantitative estimate of drug-likeness (QED) is 0.697. The fourth-order valence-electron chi connectivity index (χ4n) is 1.39. The second kappa shape index (κ2) is 5.62. The lowest BCUT2D eigenvalue weighted by molar-refractivity contribution is -0.123. The van der Waals surface area contributed by atoms with Crippen molar-refractivity contribution >= 4 is 5.91 Å². The number of amides is 1. The summed E-state index contributed by atoms with van der Waals surface area (Å²) in [5.74, 6) is -0.217. The Kier molecular flexibility index (Phi) is 4.45. The molecule has 1 aromatic heterocycles. The SMILES string of the molecule is COCC(N)C(=O)NCc1cn(C)nc1C. The molecule has 0 aliphatic heterocycles. The molecule has 16 heavy (non-hydrogen) atoms. The summed E-state index contributed by atoms with van der Waals surface area (Å²) in [6, 6.07) is -0.623. The molecular formula is C10H18N4O2. The van der Waals surface area contributed by atoms with Crippen molar-refractivity contribution in [3.8, 4) is 0 Å². The normalized spacial score (nSPS) is 12.5. The van der Waals surface area contributed by atoms with Crippen LogP contribution in [-0.4, -0.2) is 35.4 Å². The maximum atomic E-state index is 11.5. The van der Waals surface area contributed by atoms with E-state index in [1.54, 1.807) is 4.68 Å². The molecule has 90 valence electrons. The first-order valence-electron chi connectivity index (χ1n) is 5.06. The van der Waals surface area contributed by atoms with Crippen molar-refractivity contribution < 1.29 is 9.53 Å². The Bertz CT molecular complexity index is 362. The Morgan fingerprint density at radius 1 is 1.75 bits per heavy atom. The number of methoxy groups -OCH3 is 1. The van der Waals surface area contributed by atoms with Crippen molar-refractivity contribution in [3.05, 3.63) is 17.5 Å². The maximum Gasteiger partial charge on any atom is 0.239 e. The fourth-order valence-corrected chi connectivity index (χ4v) is 1.39. The molecule has 0 aliphatic carbocycles. The molecule has 1 rings (SSSR count). The average molecular weight is 226 g/mol. The van der Waals surface area contributed by atoms with E-state index in [0.717, 1.165) is 11.3 Å². The number of ether oxygens (including phenoxy) is 1. The summed E-state index contributed by atoms with van der Waals surface area (Å²) in [5, 5.41) is 6.92. The number of nitrogens with one attached hydrogen (secondary N) is 1. The molecule has 0 aromatic carbocycles. The molecule has 1 amide bonds. The number of aromatic nitrogens is 2. The van der Waals surface area contributed by atoms with Crippen molar-refractivity contribution in [2.24, 2.45) is 12.8 Å². The van der Waals surface area contributed by atoms with Crippen LogP contribution in [0.2, 0.25) is 0 Å². The highest BCUT2D eigenvalue weighted by Crippen LogP contribution is 2.03. The van der Waals surface area contributed by atoms with E-state index in [-0.39, 0.29) is 12.5 Å². The van der Waals surface area contributed by atoms with E-state index in [2.05, 4.69) is 10.4 Å². The summed E-state index contributed by atoms with van der Waals surface area (Å²) in [7, 11) is 3.35. The van der Waals surface area contributed by atoms with Gasteiger partial charge in [-0.3, -0.25) is 9.48 Å². The monoisotopic (exact) mass is 226 g/mol. The number of hydrogen-bond acceptors (Lipinski definition) is 4. The molecule has 0 saturated heterocycles. The van der Waals surface area contributed by atoms with Crippen molar-refractivity contribution in [2.75, 3.05) is 13.7 Å². The topological polar surface area (TPSA) is 82.2 Å². The van der Waals surface area contributed by atoms with E-state index in [0.29, 0.717) is 6.54 Å². The number of rotatable bonds is 5. The van der Waals surface area contributed by atoms with Crippen LogP contribution in [0.25, 0.3) is 0 Å². The van der Waals surface area contributed by atoms with Gasteiger partial charge in [0.2, 0.25) is 5.91 Å². The molecule has 1 unspecified atom stereocenters. The third-order valence-electron chi connectivity index (χ3n) is 2.25. The van der Waals surface area contributed by atoms with Gasteiger partial charge in [0.1, 0.15) is 6.04 Å². The average Bonchev–Trinajstić information content (AvgIpc) is 2.54. The summed E-state index contributed by atoms with van der Waals surface area (Å²) >= 11 is 0. The van der Waals surface area contributed by atoms with Gasteiger partial charge >= 0.3 is 0 Å². The Hall–Kier alpha value is -1.40. The van der Waals surface area contributed by atoms with Gasteiger partial charge in [0.25, 0.3) is 0 Å². The van der Waals surface area contributed by atoms with Crippen LogP contribution in [-0.2, 0) is 23.1 Å². The van der Waals surface area contributed by atoms with Crippen LogP contribution in [0.4, 0.5) is 0 Å². The second-order valence-electron chi connectivity index (χ2n) is 3.69. The number of nitrogens with zero attached hydrogens (tertiary/aromatic N) is 2. The first-order valence-corrected chi connectivity index (χ1v) is 5.06. The summed E-state index contributed by atoms with van der Waals surface area (Å²) in [6.07, 6.45) is 1.87. The van der Waals surface area contributed by atoms with E-state index in [4.69, 9.17) is 10.5 Å². The van der Waals surface area contributed by atoms with Crippen LogP contribution in [0.1, 0.15) is 11.3 Å². The maximum absolute atomic E-state index is 11.5. The molecule has 6 heteroatoms. The number of hydrogen-bond donors (Lipinski definition) is 2. The van der Waals surface area contributed by atoms with E-state index >= 15 is 0 Å². The molecule has 0 fully saturated rings. The van der Waals surface area contributed by atoms with Gasteiger partial charge in [0, 0.05) is 32.5 Å². The highest BCUT2D eigenvalue weighted by atomic mass is 16.5. The minimum absolute atomic E-state index is 0.217. The number of aryl methyl sites for hydroxylation is 2. The van der Waals surface area contributed by atoms with Crippen molar-refractivity contribution in [1.29, 1.82) is 0 Å². The number of nitrogens with two attached hydrogens (primary N) is 1. The van der Waals surface area contributed by atoms with Crippen LogP contribution < -0.4 is 11.1 Å². The van der Waals surface area contributed by atoms with Crippen molar-refractivity contribution in [2.45, 2.75) is 19.5 Å². The van der Waals surface area contributed by atoms with Gasteiger partial charge in [0.15, 0.2) is 0 Å². The Morgan fingerprint density at radius 3 is 2.94 bits per heavy atom. The largest absolute Gasteiger partial charge is 0.383 e. The highest BCUT2D eigenvalue weighted by molar-refractivity contribution is 5.81. The van der Waals surface area contributed by atoms with Gasteiger partial charge in [-0.05, 0) is 6.92 Å².